The highest BCUT2D eigenvalue weighted by Gasteiger charge is 2.43. The highest BCUT2D eigenvalue weighted by Crippen LogP contribution is 2.40. The van der Waals surface area contributed by atoms with Gasteiger partial charge in [0, 0.05) is 23.9 Å². The van der Waals surface area contributed by atoms with E-state index in [1.807, 2.05) is 54.3 Å². The van der Waals surface area contributed by atoms with Gasteiger partial charge in [0.15, 0.2) is 0 Å². The van der Waals surface area contributed by atoms with Crippen molar-refractivity contribution in [3.05, 3.63) is 90.1 Å². The van der Waals surface area contributed by atoms with Gasteiger partial charge in [0.25, 0.3) is 11.8 Å². The van der Waals surface area contributed by atoms with Crippen LogP contribution in [0.4, 0.5) is 11.4 Å². The summed E-state index contributed by atoms with van der Waals surface area (Å²) in [6.45, 7) is 2.45. The molecule has 3 aromatic rings. The first kappa shape index (κ1) is 21.2. The molecule has 3 aromatic carbocycles. The number of hydrogen-bond donors (Lipinski definition) is 0. The second-order valence-electron chi connectivity index (χ2n) is 7.15. The Hall–Kier alpha value is -4.06. The molecule has 1 aliphatic rings. The molecule has 0 N–H and O–H groups in total. The van der Waals surface area contributed by atoms with Gasteiger partial charge in [0.1, 0.15) is 17.2 Å². The maximum atomic E-state index is 13.8. The predicted molar refractivity (Wildman–Crippen MR) is 125 cm³/mol. The average molecular weight is 428 g/mol. The molecule has 0 saturated heterocycles. The SMILES string of the molecule is CCN(C1=C(c2ccccc2OC)C(=O)N(c2cccc(OC)c2)C1=O)c1ccccc1. The number of hydrogen-bond acceptors (Lipinski definition) is 5. The standard InChI is InChI=1S/C26H24N2O4/c1-4-27(18-11-6-5-7-12-18)24-23(21-15-8-9-16-22(21)32-3)25(29)28(26(24)30)19-13-10-14-20(17-19)31-2/h5-17H,4H2,1-3H3. The van der Waals surface area contributed by atoms with Crippen molar-refractivity contribution in [2.24, 2.45) is 0 Å². The first-order valence-electron chi connectivity index (χ1n) is 10.3. The number of nitrogens with zero attached hydrogens (tertiary/aromatic N) is 2. The first-order chi connectivity index (χ1) is 15.6. The summed E-state index contributed by atoms with van der Waals surface area (Å²) in [7, 11) is 3.10. The van der Waals surface area contributed by atoms with Crippen molar-refractivity contribution in [3.63, 3.8) is 0 Å². The zero-order valence-corrected chi connectivity index (χ0v) is 18.2. The first-order valence-corrected chi connectivity index (χ1v) is 10.3. The van der Waals surface area contributed by atoms with Gasteiger partial charge in [-0.2, -0.15) is 0 Å². The van der Waals surface area contributed by atoms with Gasteiger partial charge >= 0.3 is 0 Å². The van der Waals surface area contributed by atoms with Crippen molar-refractivity contribution in [1.82, 2.24) is 0 Å². The molecule has 162 valence electrons. The summed E-state index contributed by atoms with van der Waals surface area (Å²) in [6, 6.07) is 23.7. The number of benzene rings is 3. The van der Waals surface area contributed by atoms with E-state index in [1.54, 1.807) is 50.6 Å². The third-order valence-electron chi connectivity index (χ3n) is 5.40. The Morgan fingerprint density at radius 2 is 1.53 bits per heavy atom. The third-order valence-corrected chi connectivity index (χ3v) is 5.40. The number of likely N-dealkylation sites (N-methyl/N-ethyl adjacent to an activating group) is 1. The molecule has 0 aliphatic carbocycles. The van der Waals surface area contributed by atoms with E-state index >= 15 is 0 Å². The highest BCUT2D eigenvalue weighted by molar-refractivity contribution is 6.46. The summed E-state index contributed by atoms with van der Waals surface area (Å²) >= 11 is 0. The Labute approximate surface area is 187 Å². The number of rotatable bonds is 7. The normalized spacial score (nSPS) is 13.5. The van der Waals surface area contributed by atoms with Crippen molar-refractivity contribution >= 4 is 28.8 Å². The van der Waals surface area contributed by atoms with Crippen LogP contribution in [0.2, 0.25) is 0 Å². The molecule has 1 aliphatic heterocycles. The van der Waals surface area contributed by atoms with Crippen molar-refractivity contribution in [1.29, 1.82) is 0 Å². The molecule has 0 spiro atoms. The minimum absolute atomic E-state index is 0.306. The lowest BCUT2D eigenvalue weighted by Gasteiger charge is -2.25. The number of para-hydroxylation sites is 2. The van der Waals surface area contributed by atoms with Crippen LogP contribution in [0, 0.1) is 0 Å². The molecule has 0 aromatic heterocycles. The summed E-state index contributed by atoms with van der Waals surface area (Å²) in [6.07, 6.45) is 0. The largest absolute Gasteiger partial charge is 0.497 e. The molecule has 0 fully saturated rings. The second kappa shape index (κ2) is 8.98. The molecule has 0 bridgehead atoms. The van der Waals surface area contributed by atoms with Gasteiger partial charge in [-0.25, -0.2) is 4.90 Å². The fraction of sp³-hybridized carbons (Fsp3) is 0.154. The molecule has 32 heavy (non-hydrogen) atoms. The van der Waals surface area contributed by atoms with Crippen LogP contribution in [0.5, 0.6) is 11.5 Å². The van der Waals surface area contributed by atoms with Gasteiger partial charge in [-0.05, 0) is 37.3 Å². The lowest BCUT2D eigenvalue weighted by molar-refractivity contribution is -0.120. The number of methoxy groups -OCH3 is 2. The summed E-state index contributed by atoms with van der Waals surface area (Å²) in [5, 5.41) is 0. The van der Waals surface area contributed by atoms with Gasteiger partial charge in [-0.1, -0.05) is 42.5 Å². The molecular weight excluding hydrogens is 404 g/mol. The Kier molecular flexibility index (Phi) is 5.94. The van der Waals surface area contributed by atoms with E-state index in [4.69, 9.17) is 9.47 Å². The summed E-state index contributed by atoms with van der Waals surface area (Å²) in [4.78, 5) is 30.6. The Morgan fingerprint density at radius 3 is 2.22 bits per heavy atom. The lowest BCUT2D eigenvalue weighted by Crippen LogP contribution is -2.35. The number of carbonyl (C=O) groups excluding carboxylic acids is 2. The van der Waals surface area contributed by atoms with E-state index in [-0.39, 0.29) is 0 Å². The number of ether oxygens (including phenoxy) is 2. The maximum Gasteiger partial charge on any atom is 0.282 e. The molecule has 0 radical (unpaired) electrons. The van der Waals surface area contributed by atoms with Crippen LogP contribution >= 0.6 is 0 Å². The molecule has 6 heteroatoms. The average Bonchev–Trinajstić information content (AvgIpc) is 3.10. The summed E-state index contributed by atoms with van der Waals surface area (Å²) < 4.78 is 10.8. The molecule has 0 saturated carbocycles. The van der Waals surface area contributed by atoms with Crippen LogP contribution < -0.4 is 19.3 Å². The van der Waals surface area contributed by atoms with Gasteiger partial charge in [-0.15, -0.1) is 0 Å². The van der Waals surface area contributed by atoms with Crippen molar-refractivity contribution in [3.8, 4) is 11.5 Å². The highest BCUT2D eigenvalue weighted by atomic mass is 16.5. The smallest absolute Gasteiger partial charge is 0.282 e. The zero-order chi connectivity index (χ0) is 22.7. The van der Waals surface area contributed by atoms with Crippen LogP contribution in [0.25, 0.3) is 5.57 Å². The van der Waals surface area contributed by atoms with Crippen molar-refractivity contribution in [2.75, 3.05) is 30.6 Å². The van der Waals surface area contributed by atoms with Gasteiger partial charge in [-0.3, -0.25) is 9.59 Å². The molecule has 0 atom stereocenters. The quantitative estimate of drug-likeness (QED) is 0.518. The molecule has 4 rings (SSSR count). The van der Waals surface area contributed by atoms with Crippen molar-refractivity contribution in [2.45, 2.75) is 6.92 Å². The maximum absolute atomic E-state index is 13.8. The van der Waals surface area contributed by atoms with Crippen molar-refractivity contribution < 1.29 is 19.1 Å². The number of anilines is 2. The van der Waals surface area contributed by atoms with Crippen LogP contribution in [-0.2, 0) is 9.59 Å². The lowest BCUT2D eigenvalue weighted by atomic mass is 10.0. The van der Waals surface area contributed by atoms with Crippen LogP contribution in [0.1, 0.15) is 12.5 Å². The number of carbonyl (C=O) groups is 2. The van der Waals surface area contributed by atoms with Crippen LogP contribution in [-0.4, -0.2) is 32.6 Å². The van der Waals surface area contributed by atoms with E-state index in [0.717, 1.165) is 5.69 Å². The van der Waals surface area contributed by atoms with E-state index < -0.39 is 11.8 Å². The van der Waals surface area contributed by atoms with Gasteiger partial charge in [0.05, 0.1) is 25.5 Å². The van der Waals surface area contributed by atoms with Crippen LogP contribution in [0.3, 0.4) is 0 Å². The van der Waals surface area contributed by atoms with E-state index in [1.165, 1.54) is 4.90 Å². The number of amides is 2. The Bertz CT molecular complexity index is 1190. The molecular formula is C26H24N2O4. The Morgan fingerprint density at radius 1 is 0.812 bits per heavy atom. The minimum atomic E-state index is -0.405. The molecule has 2 amide bonds. The molecule has 0 unspecified atom stereocenters. The van der Waals surface area contributed by atoms with Gasteiger partial charge < -0.3 is 14.4 Å². The minimum Gasteiger partial charge on any atom is -0.497 e. The molecule has 1 heterocycles. The molecule has 6 nitrogen and oxygen atoms in total. The van der Waals surface area contributed by atoms with E-state index in [0.29, 0.717) is 40.6 Å². The van der Waals surface area contributed by atoms with Gasteiger partial charge in [0.2, 0.25) is 0 Å². The predicted octanol–water partition coefficient (Wildman–Crippen LogP) is 4.51. The summed E-state index contributed by atoms with van der Waals surface area (Å²) in [5.41, 5.74) is 2.47. The third kappa shape index (κ3) is 3.60. The zero-order valence-electron chi connectivity index (χ0n) is 18.2. The fourth-order valence-electron chi connectivity index (χ4n) is 3.92. The van der Waals surface area contributed by atoms with E-state index in [9.17, 15) is 9.59 Å². The summed E-state index contributed by atoms with van der Waals surface area (Å²) in [5.74, 6) is 0.288. The van der Waals surface area contributed by atoms with Crippen LogP contribution in [0.15, 0.2) is 84.6 Å². The second-order valence-corrected chi connectivity index (χ2v) is 7.15. The van der Waals surface area contributed by atoms with E-state index in [2.05, 4.69) is 0 Å². The fourth-order valence-corrected chi connectivity index (χ4v) is 3.92. The monoisotopic (exact) mass is 428 g/mol. The topological polar surface area (TPSA) is 59.1 Å². The Balaban J connectivity index is 1.94. The number of imide groups is 1.